The third kappa shape index (κ3) is 4.61. The van der Waals surface area contributed by atoms with Gasteiger partial charge in [-0.2, -0.15) is 0 Å². The van der Waals surface area contributed by atoms with Gasteiger partial charge in [-0.05, 0) is 42.9 Å². The molecule has 1 amide bonds. The highest BCUT2D eigenvalue weighted by atomic mass is 32.1. The van der Waals surface area contributed by atoms with Gasteiger partial charge in [-0.25, -0.2) is 4.79 Å². The van der Waals surface area contributed by atoms with Crippen molar-refractivity contribution < 1.29 is 23.8 Å². The number of hydrogen-bond donors (Lipinski definition) is 3. The van der Waals surface area contributed by atoms with E-state index in [1.54, 1.807) is 49.4 Å². The maximum atomic E-state index is 13.4. The highest BCUT2D eigenvalue weighted by molar-refractivity contribution is 7.80. The van der Waals surface area contributed by atoms with E-state index in [0.29, 0.717) is 44.7 Å². The van der Waals surface area contributed by atoms with E-state index in [9.17, 15) is 9.59 Å². The first-order chi connectivity index (χ1) is 14.9. The number of allylic oxidation sites excluding steroid dienone is 1. The molecule has 31 heavy (non-hydrogen) atoms. The Morgan fingerprint density at radius 2 is 1.81 bits per heavy atom. The number of carbonyl (C=O) groups excluding carboxylic acids is 2. The molecule has 0 fully saturated rings. The van der Waals surface area contributed by atoms with E-state index >= 15 is 0 Å². The zero-order valence-corrected chi connectivity index (χ0v) is 18.4. The summed E-state index contributed by atoms with van der Waals surface area (Å²) >= 11 is 5.30. The molecule has 162 valence electrons. The van der Waals surface area contributed by atoms with Gasteiger partial charge in [0.2, 0.25) is 0 Å². The number of methoxy groups -OCH3 is 3. The largest absolute Gasteiger partial charge is 0.497 e. The molecular weight excluding hydrogens is 418 g/mol. The van der Waals surface area contributed by atoms with Crippen molar-refractivity contribution in [2.75, 3.05) is 26.6 Å². The molecule has 1 atom stereocenters. The minimum absolute atomic E-state index is 0.337. The van der Waals surface area contributed by atoms with Gasteiger partial charge in [0.15, 0.2) is 5.11 Å². The minimum atomic E-state index is -0.666. The zero-order valence-electron chi connectivity index (χ0n) is 17.6. The third-order valence-electron chi connectivity index (χ3n) is 4.85. The third-order valence-corrected chi connectivity index (χ3v) is 5.07. The van der Waals surface area contributed by atoms with Gasteiger partial charge >= 0.3 is 5.97 Å². The first-order valence-corrected chi connectivity index (χ1v) is 9.79. The molecule has 3 rings (SSSR count). The van der Waals surface area contributed by atoms with Crippen LogP contribution in [0.3, 0.4) is 0 Å². The van der Waals surface area contributed by atoms with Gasteiger partial charge in [0, 0.05) is 11.8 Å². The van der Waals surface area contributed by atoms with Crippen molar-refractivity contribution in [1.82, 2.24) is 10.6 Å². The lowest BCUT2D eigenvalue weighted by molar-refractivity contribution is -0.113. The van der Waals surface area contributed by atoms with Crippen molar-refractivity contribution in [2.24, 2.45) is 0 Å². The molecule has 1 aliphatic heterocycles. The molecule has 8 nitrogen and oxygen atoms in total. The number of carbonyl (C=O) groups is 2. The standard InChI is InChI=1S/C22H23N3O5S/c1-12-18(20(26)24-16-11-13(28-2)9-10-17(16)29-3)19(25-22(31)23-12)14-7-5-6-8-15(14)21(27)30-4/h5-11,19H,1-4H3,(H,24,26)(H2,23,25,31). The van der Waals surface area contributed by atoms with E-state index in [-0.39, 0.29) is 0 Å². The topological polar surface area (TPSA) is 97.9 Å². The summed E-state index contributed by atoms with van der Waals surface area (Å²) in [4.78, 5) is 25.7. The Morgan fingerprint density at radius 3 is 2.48 bits per heavy atom. The first kappa shape index (κ1) is 22.1. The molecule has 0 spiro atoms. The van der Waals surface area contributed by atoms with Gasteiger partial charge in [0.05, 0.1) is 44.2 Å². The number of thiocarbonyl (C=S) groups is 1. The Bertz CT molecular complexity index is 1070. The molecular formula is C22H23N3O5S. The van der Waals surface area contributed by atoms with E-state index in [2.05, 4.69) is 16.0 Å². The van der Waals surface area contributed by atoms with Crippen LogP contribution >= 0.6 is 12.2 Å². The fourth-order valence-electron chi connectivity index (χ4n) is 3.37. The number of nitrogens with one attached hydrogen (secondary N) is 3. The van der Waals surface area contributed by atoms with Crippen molar-refractivity contribution in [1.29, 1.82) is 0 Å². The van der Waals surface area contributed by atoms with E-state index < -0.39 is 17.9 Å². The van der Waals surface area contributed by atoms with Crippen LogP contribution in [0.1, 0.15) is 28.9 Å². The van der Waals surface area contributed by atoms with Crippen LogP contribution < -0.4 is 25.4 Å². The normalized spacial score (nSPS) is 15.5. The van der Waals surface area contributed by atoms with Crippen molar-refractivity contribution in [3.8, 4) is 11.5 Å². The second-order valence-electron chi connectivity index (χ2n) is 6.67. The lowest BCUT2D eigenvalue weighted by atomic mass is 9.91. The second-order valence-corrected chi connectivity index (χ2v) is 7.08. The number of esters is 1. The quantitative estimate of drug-likeness (QED) is 0.465. The Hall–Kier alpha value is -3.59. The molecule has 0 radical (unpaired) electrons. The number of benzene rings is 2. The van der Waals surface area contributed by atoms with Crippen LogP contribution in [0.5, 0.6) is 11.5 Å². The van der Waals surface area contributed by atoms with Crippen molar-refractivity contribution >= 4 is 34.9 Å². The van der Waals surface area contributed by atoms with E-state index in [0.717, 1.165) is 0 Å². The first-order valence-electron chi connectivity index (χ1n) is 9.38. The summed E-state index contributed by atoms with van der Waals surface area (Å²) in [5.74, 6) is 0.145. The second kappa shape index (κ2) is 9.48. The van der Waals surface area contributed by atoms with Crippen LogP contribution in [0.4, 0.5) is 5.69 Å². The van der Waals surface area contributed by atoms with Crippen LogP contribution in [-0.4, -0.2) is 38.3 Å². The maximum absolute atomic E-state index is 13.4. The van der Waals surface area contributed by atoms with E-state index in [4.69, 9.17) is 26.4 Å². The monoisotopic (exact) mass is 441 g/mol. The van der Waals surface area contributed by atoms with E-state index in [1.165, 1.54) is 21.3 Å². The highest BCUT2D eigenvalue weighted by Crippen LogP contribution is 2.33. The molecule has 0 saturated heterocycles. The Labute approximate surface area is 185 Å². The Kier molecular flexibility index (Phi) is 6.76. The van der Waals surface area contributed by atoms with Crippen molar-refractivity contribution in [3.63, 3.8) is 0 Å². The van der Waals surface area contributed by atoms with Gasteiger partial charge < -0.3 is 30.2 Å². The highest BCUT2D eigenvalue weighted by Gasteiger charge is 2.32. The van der Waals surface area contributed by atoms with Gasteiger partial charge in [0.1, 0.15) is 11.5 Å². The summed E-state index contributed by atoms with van der Waals surface area (Å²) < 4.78 is 15.5. The molecule has 0 saturated carbocycles. The molecule has 3 N–H and O–H groups in total. The smallest absolute Gasteiger partial charge is 0.338 e. The number of anilines is 1. The van der Waals surface area contributed by atoms with Crippen LogP contribution in [0.15, 0.2) is 53.7 Å². The van der Waals surface area contributed by atoms with Crippen LogP contribution in [0, 0.1) is 0 Å². The molecule has 2 aromatic rings. The van der Waals surface area contributed by atoms with Crippen molar-refractivity contribution in [2.45, 2.75) is 13.0 Å². The molecule has 0 bridgehead atoms. The van der Waals surface area contributed by atoms with Gasteiger partial charge in [0.25, 0.3) is 5.91 Å². The van der Waals surface area contributed by atoms with Crippen LogP contribution in [-0.2, 0) is 9.53 Å². The average Bonchev–Trinajstić information content (AvgIpc) is 2.77. The summed E-state index contributed by atoms with van der Waals surface area (Å²) in [5, 5.41) is 9.28. The predicted octanol–water partition coefficient (Wildman–Crippen LogP) is 2.92. The SMILES string of the molecule is COC(=O)c1ccccc1C1NC(=S)NC(C)=C1C(=O)Nc1cc(OC)ccc1OC. The maximum Gasteiger partial charge on any atom is 0.338 e. The van der Waals surface area contributed by atoms with Crippen molar-refractivity contribution in [3.05, 3.63) is 64.9 Å². The molecule has 1 unspecified atom stereocenters. The Balaban J connectivity index is 2.04. The lowest BCUT2D eigenvalue weighted by Crippen LogP contribution is -2.46. The molecule has 0 aromatic heterocycles. The number of rotatable bonds is 6. The summed E-state index contributed by atoms with van der Waals surface area (Å²) in [5.41, 5.74) is 2.28. The minimum Gasteiger partial charge on any atom is -0.497 e. The molecule has 2 aromatic carbocycles. The lowest BCUT2D eigenvalue weighted by Gasteiger charge is -2.31. The number of ether oxygens (including phenoxy) is 3. The van der Waals surface area contributed by atoms with Crippen LogP contribution in [0.25, 0.3) is 0 Å². The molecule has 1 aliphatic rings. The summed E-state index contributed by atoms with van der Waals surface area (Å²) in [6, 6.07) is 11.3. The van der Waals surface area contributed by atoms with Gasteiger partial charge in [-0.3, -0.25) is 4.79 Å². The zero-order chi connectivity index (χ0) is 22.5. The van der Waals surface area contributed by atoms with Gasteiger partial charge in [-0.1, -0.05) is 18.2 Å². The molecule has 0 aliphatic carbocycles. The summed E-state index contributed by atoms with van der Waals surface area (Å²) in [6.45, 7) is 1.75. The molecule has 9 heteroatoms. The fraction of sp³-hybridized carbons (Fsp3) is 0.227. The molecule has 1 heterocycles. The summed E-state index contributed by atoms with van der Waals surface area (Å²) in [6.07, 6.45) is 0. The Morgan fingerprint density at radius 1 is 1.06 bits per heavy atom. The van der Waals surface area contributed by atoms with E-state index in [1.807, 2.05) is 0 Å². The number of hydrogen-bond acceptors (Lipinski definition) is 6. The average molecular weight is 442 g/mol. The number of amides is 1. The fourth-order valence-corrected chi connectivity index (χ4v) is 3.65. The van der Waals surface area contributed by atoms with Gasteiger partial charge in [-0.15, -0.1) is 0 Å². The summed E-state index contributed by atoms with van der Waals surface area (Å²) in [7, 11) is 4.36. The van der Waals surface area contributed by atoms with Crippen LogP contribution in [0.2, 0.25) is 0 Å². The predicted molar refractivity (Wildman–Crippen MR) is 120 cm³/mol.